The average Bonchev–Trinajstić information content (AvgIpc) is 3.22. The molecule has 4 heteroatoms. The van der Waals surface area contributed by atoms with Crippen LogP contribution in [0, 0.1) is 5.92 Å². The van der Waals surface area contributed by atoms with E-state index in [0.717, 1.165) is 31.3 Å². The summed E-state index contributed by atoms with van der Waals surface area (Å²) in [5.41, 5.74) is 1.07. The second kappa shape index (κ2) is 5.00. The zero-order valence-electron chi connectivity index (χ0n) is 10.1. The number of piperidine rings is 1. The predicted octanol–water partition coefficient (Wildman–Crippen LogP) is 1.73. The maximum atomic E-state index is 5.86. The van der Waals surface area contributed by atoms with Gasteiger partial charge in [-0.05, 0) is 32.2 Å². The summed E-state index contributed by atoms with van der Waals surface area (Å²) < 4.78 is 5.86. The van der Waals surface area contributed by atoms with Gasteiger partial charge in [0.15, 0.2) is 0 Å². The molecule has 0 amide bonds. The van der Waals surface area contributed by atoms with E-state index in [1.807, 2.05) is 0 Å². The van der Waals surface area contributed by atoms with E-state index in [1.54, 1.807) is 12.4 Å². The zero-order valence-corrected chi connectivity index (χ0v) is 10.1. The number of nitrogens with zero attached hydrogens (tertiary/aromatic N) is 2. The molecule has 1 unspecified atom stereocenters. The molecule has 1 N–H and O–H groups in total. The van der Waals surface area contributed by atoms with E-state index in [9.17, 15) is 0 Å². The third-order valence-corrected chi connectivity index (χ3v) is 3.51. The van der Waals surface area contributed by atoms with Crippen molar-refractivity contribution in [3.8, 4) is 5.88 Å². The molecular formula is C13H19N3O. The third kappa shape index (κ3) is 2.75. The van der Waals surface area contributed by atoms with E-state index in [0.29, 0.717) is 11.8 Å². The molecule has 3 rings (SSSR count). The van der Waals surface area contributed by atoms with Crippen LogP contribution in [-0.2, 0) is 0 Å². The highest BCUT2D eigenvalue weighted by atomic mass is 16.5. The lowest BCUT2D eigenvalue weighted by Gasteiger charge is -2.22. The van der Waals surface area contributed by atoms with Crippen LogP contribution < -0.4 is 10.1 Å². The van der Waals surface area contributed by atoms with Crippen molar-refractivity contribution in [1.82, 2.24) is 15.3 Å². The first-order chi connectivity index (χ1) is 8.43. The summed E-state index contributed by atoms with van der Waals surface area (Å²) in [7, 11) is 0. The lowest BCUT2D eigenvalue weighted by atomic mass is 10.0. The summed E-state index contributed by atoms with van der Waals surface area (Å²) in [5.74, 6) is 1.99. The summed E-state index contributed by atoms with van der Waals surface area (Å²) in [6.07, 6.45) is 8.47. The fourth-order valence-electron chi connectivity index (χ4n) is 2.35. The molecule has 1 atom stereocenters. The first kappa shape index (κ1) is 11.0. The zero-order chi connectivity index (χ0) is 11.5. The summed E-state index contributed by atoms with van der Waals surface area (Å²) in [5, 5.41) is 3.40. The van der Waals surface area contributed by atoms with E-state index >= 15 is 0 Å². The molecule has 92 valence electrons. The van der Waals surface area contributed by atoms with Gasteiger partial charge >= 0.3 is 0 Å². The Balaban J connectivity index is 1.60. The molecule has 1 saturated carbocycles. The quantitative estimate of drug-likeness (QED) is 0.860. The Hall–Kier alpha value is -1.16. The molecule has 0 aromatic carbocycles. The van der Waals surface area contributed by atoms with Crippen LogP contribution in [0.4, 0.5) is 0 Å². The molecule has 1 aromatic rings. The van der Waals surface area contributed by atoms with Crippen LogP contribution >= 0.6 is 0 Å². The SMILES string of the molecule is c1cnc(C2CC2)c(OCC2CCCNC2)n1. The monoisotopic (exact) mass is 233 g/mol. The Labute approximate surface area is 102 Å². The summed E-state index contributed by atoms with van der Waals surface area (Å²) in [4.78, 5) is 8.72. The first-order valence-corrected chi connectivity index (χ1v) is 6.58. The highest BCUT2D eigenvalue weighted by Crippen LogP contribution is 2.42. The number of hydrogen-bond acceptors (Lipinski definition) is 4. The van der Waals surface area contributed by atoms with Gasteiger partial charge in [-0.3, -0.25) is 4.98 Å². The molecule has 4 nitrogen and oxygen atoms in total. The van der Waals surface area contributed by atoms with Crippen molar-refractivity contribution in [3.05, 3.63) is 18.1 Å². The van der Waals surface area contributed by atoms with E-state index < -0.39 is 0 Å². The topological polar surface area (TPSA) is 47.0 Å². The van der Waals surface area contributed by atoms with Crippen molar-refractivity contribution < 1.29 is 4.74 Å². The van der Waals surface area contributed by atoms with Crippen LogP contribution in [0.3, 0.4) is 0 Å². The third-order valence-electron chi connectivity index (χ3n) is 3.51. The molecule has 0 bridgehead atoms. The molecule has 1 saturated heterocycles. The van der Waals surface area contributed by atoms with Crippen molar-refractivity contribution in [3.63, 3.8) is 0 Å². The van der Waals surface area contributed by atoms with Gasteiger partial charge in [0.25, 0.3) is 0 Å². The van der Waals surface area contributed by atoms with Gasteiger partial charge in [-0.1, -0.05) is 0 Å². The normalized spacial score (nSPS) is 24.6. The van der Waals surface area contributed by atoms with Crippen LogP contribution in [-0.4, -0.2) is 29.7 Å². The Morgan fingerprint density at radius 2 is 2.12 bits per heavy atom. The van der Waals surface area contributed by atoms with Crippen LogP contribution in [0.5, 0.6) is 5.88 Å². The lowest BCUT2D eigenvalue weighted by molar-refractivity contribution is 0.209. The van der Waals surface area contributed by atoms with Gasteiger partial charge < -0.3 is 10.1 Å². The molecule has 1 aliphatic heterocycles. The van der Waals surface area contributed by atoms with E-state index in [4.69, 9.17) is 4.74 Å². The van der Waals surface area contributed by atoms with E-state index in [1.165, 1.54) is 25.7 Å². The molecule has 1 aliphatic carbocycles. The molecule has 1 aromatic heterocycles. The average molecular weight is 233 g/mol. The fourth-order valence-corrected chi connectivity index (χ4v) is 2.35. The number of aromatic nitrogens is 2. The smallest absolute Gasteiger partial charge is 0.235 e. The largest absolute Gasteiger partial charge is 0.476 e. The lowest BCUT2D eigenvalue weighted by Crippen LogP contribution is -2.33. The Kier molecular flexibility index (Phi) is 3.22. The highest BCUT2D eigenvalue weighted by molar-refractivity contribution is 5.25. The molecule has 2 heterocycles. The molecule has 2 aliphatic rings. The van der Waals surface area contributed by atoms with Gasteiger partial charge in [-0.15, -0.1) is 0 Å². The fraction of sp³-hybridized carbons (Fsp3) is 0.692. The summed E-state index contributed by atoms with van der Waals surface area (Å²) >= 11 is 0. The van der Waals surface area contributed by atoms with E-state index in [-0.39, 0.29) is 0 Å². The van der Waals surface area contributed by atoms with Crippen LogP contribution in [0.25, 0.3) is 0 Å². The van der Waals surface area contributed by atoms with Crippen molar-refractivity contribution in [2.45, 2.75) is 31.6 Å². The van der Waals surface area contributed by atoms with Gasteiger partial charge in [0, 0.05) is 30.8 Å². The van der Waals surface area contributed by atoms with Gasteiger partial charge in [-0.2, -0.15) is 0 Å². The van der Waals surface area contributed by atoms with Gasteiger partial charge in [0.05, 0.1) is 6.61 Å². The maximum Gasteiger partial charge on any atom is 0.235 e. The highest BCUT2D eigenvalue weighted by Gasteiger charge is 2.29. The second-order valence-electron chi connectivity index (χ2n) is 5.04. The van der Waals surface area contributed by atoms with Gasteiger partial charge in [-0.25, -0.2) is 4.98 Å². The molecule has 17 heavy (non-hydrogen) atoms. The molecular weight excluding hydrogens is 214 g/mol. The van der Waals surface area contributed by atoms with Crippen molar-refractivity contribution >= 4 is 0 Å². The minimum absolute atomic E-state index is 0.600. The van der Waals surface area contributed by atoms with Gasteiger partial charge in [0.2, 0.25) is 5.88 Å². The second-order valence-corrected chi connectivity index (χ2v) is 5.04. The van der Waals surface area contributed by atoms with Crippen LogP contribution in [0.15, 0.2) is 12.4 Å². The van der Waals surface area contributed by atoms with Crippen LogP contribution in [0.1, 0.15) is 37.3 Å². The van der Waals surface area contributed by atoms with Crippen molar-refractivity contribution in [1.29, 1.82) is 0 Å². The Morgan fingerprint density at radius 3 is 2.88 bits per heavy atom. The standard InChI is InChI=1S/C13H19N3O/c1-2-10(8-14-5-1)9-17-13-12(11-3-4-11)15-6-7-16-13/h6-7,10-11,14H,1-5,8-9H2. The first-order valence-electron chi connectivity index (χ1n) is 6.58. The van der Waals surface area contributed by atoms with Crippen molar-refractivity contribution in [2.24, 2.45) is 5.92 Å². The summed E-state index contributed by atoms with van der Waals surface area (Å²) in [6, 6.07) is 0. The predicted molar refractivity (Wildman–Crippen MR) is 65.1 cm³/mol. The van der Waals surface area contributed by atoms with Crippen molar-refractivity contribution in [2.75, 3.05) is 19.7 Å². The number of nitrogens with one attached hydrogen (secondary N) is 1. The number of rotatable bonds is 4. The van der Waals surface area contributed by atoms with Gasteiger partial charge in [0.1, 0.15) is 5.69 Å². The molecule has 0 radical (unpaired) electrons. The Bertz CT molecular complexity index is 373. The molecule has 0 spiro atoms. The minimum atomic E-state index is 0.600. The Morgan fingerprint density at radius 1 is 1.24 bits per heavy atom. The van der Waals surface area contributed by atoms with E-state index in [2.05, 4.69) is 15.3 Å². The maximum absolute atomic E-state index is 5.86. The summed E-state index contributed by atoms with van der Waals surface area (Å²) in [6.45, 7) is 2.99. The van der Waals surface area contributed by atoms with Crippen LogP contribution in [0.2, 0.25) is 0 Å². The number of ether oxygens (including phenoxy) is 1. The minimum Gasteiger partial charge on any atom is -0.476 e. The molecule has 2 fully saturated rings. The number of hydrogen-bond donors (Lipinski definition) is 1.